The topological polar surface area (TPSA) is 32.3 Å². The highest BCUT2D eigenvalue weighted by Gasteiger charge is 2.07. The summed E-state index contributed by atoms with van der Waals surface area (Å²) >= 11 is 3.40. The highest BCUT2D eigenvalue weighted by Crippen LogP contribution is 2.19. The van der Waals surface area contributed by atoms with Crippen LogP contribution in [0.4, 0.5) is 5.69 Å². The van der Waals surface area contributed by atoms with Gasteiger partial charge in [-0.3, -0.25) is 0 Å². The van der Waals surface area contributed by atoms with Gasteiger partial charge in [-0.1, -0.05) is 45.8 Å². The molecule has 0 aliphatic heterocycles. The maximum atomic E-state index is 10.1. The number of halogens is 1. The van der Waals surface area contributed by atoms with Gasteiger partial charge in [0.2, 0.25) is 0 Å². The van der Waals surface area contributed by atoms with E-state index in [0.29, 0.717) is 6.54 Å². The number of anilines is 1. The largest absolute Gasteiger partial charge is 0.387 e. The van der Waals surface area contributed by atoms with Crippen LogP contribution >= 0.6 is 15.9 Å². The summed E-state index contributed by atoms with van der Waals surface area (Å²) in [4.78, 5) is 0. The molecule has 0 amide bonds. The molecule has 0 spiro atoms. The van der Waals surface area contributed by atoms with Crippen molar-refractivity contribution in [1.29, 1.82) is 0 Å². The molecule has 3 heteroatoms. The lowest BCUT2D eigenvalue weighted by molar-refractivity contribution is 0.191. The predicted octanol–water partition coefficient (Wildman–Crippen LogP) is 3.90. The van der Waals surface area contributed by atoms with E-state index in [1.165, 1.54) is 5.56 Å². The lowest BCUT2D eigenvalue weighted by atomic mass is 10.1. The van der Waals surface area contributed by atoms with Gasteiger partial charge in [-0.15, -0.1) is 0 Å². The molecular formula is C15H16BrNO. The van der Waals surface area contributed by atoms with Crippen LogP contribution in [0.1, 0.15) is 17.2 Å². The van der Waals surface area contributed by atoms with Gasteiger partial charge in [0, 0.05) is 16.7 Å². The minimum atomic E-state index is -0.510. The van der Waals surface area contributed by atoms with Gasteiger partial charge in [0.25, 0.3) is 0 Å². The van der Waals surface area contributed by atoms with Gasteiger partial charge in [0.1, 0.15) is 0 Å². The van der Waals surface area contributed by atoms with E-state index in [2.05, 4.69) is 28.2 Å². The Morgan fingerprint density at radius 1 is 1.17 bits per heavy atom. The summed E-state index contributed by atoms with van der Waals surface area (Å²) in [6.45, 7) is 2.56. The van der Waals surface area contributed by atoms with Gasteiger partial charge in [-0.2, -0.15) is 0 Å². The molecule has 2 rings (SSSR count). The first-order chi connectivity index (χ1) is 8.65. The summed E-state index contributed by atoms with van der Waals surface area (Å²) in [7, 11) is 0. The van der Waals surface area contributed by atoms with E-state index in [-0.39, 0.29) is 0 Å². The second kappa shape index (κ2) is 6.03. The second-order valence-corrected chi connectivity index (χ2v) is 5.23. The summed E-state index contributed by atoms with van der Waals surface area (Å²) < 4.78 is 0.981. The van der Waals surface area contributed by atoms with Crippen LogP contribution < -0.4 is 5.32 Å². The van der Waals surface area contributed by atoms with E-state index in [1.54, 1.807) is 0 Å². The van der Waals surface area contributed by atoms with Crippen molar-refractivity contribution in [3.05, 3.63) is 64.1 Å². The zero-order valence-electron chi connectivity index (χ0n) is 10.2. The van der Waals surface area contributed by atoms with Crippen molar-refractivity contribution in [3.63, 3.8) is 0 Å². The average Bonchev–Trinajstić information content (AvgIpc) is 2.38. The van der Waals surface area contributed by atoms with Gasteiger partial charge in [0.05, 0.1) is 6.10 Å². The Morgan fingerprint density at radius 3 is 2.56 bits per heavy atom. The second-order valence-electron chi connectivity index (χ2n) is 4.32. The molecule has 2 aromatic carbocycles. The van der Waals surface area contributed by atoms with Crippen molar-refractivity contribution in [2.45, 2.75) is 13.0 Å². The minimum Gasteiger partial charge on any atom is -0.387 e. The number of hydrogen-bond donors (Lipinski definition) is 2. The third-order valence-electron chi connectivity index (χ3n) is 2.78. The Balaban J connectivity index is 1.96. The molecule has 0 bridgehead atoms. The lowest BCUT2D eigenvalue weighted by Crippen LogP contribution is -2.12. The predicted molar refractivity (Wildman–Crippen MR) is 78.8 cm³/mol. The maximum Gasteiger partial charge on any atom is 0.0962 e. The van der Waals surface area contributed by atoms with Crippen molar-refractivity contribution >= 4 is 21.6 Å². The number of nitrogens with one attached hydrogen (secondary N) is 1. The lowest BCUT2D eigenvalue weighted by Gasteiger charge is -2.13. The standard InChI is InChI=1S/C15H16BrNO/c1-11-5-7-14(8-6-11)17-10-15(18)12-3-2-4-13(16)9-12/h2-9,15,17-18H,10H2,1H3. The summed E-state index contributed by atoms with van der Waals surface area (Å²) in [6.07, 6.45) is -0.510. The number of aryl methyl sites for hydroxylation is 1. The van der Waals surface area contributed by atoms with Crippen LogP contribution in [-0.2, 0) is 0 Å². The average molecular weight is 306 g/mol. The molecule has 1 atom stereocenters. The van der Waals surface area contributed by atoms with Crippen molar-refractivity contribution in [1.82, 2.24) is 0 Å². The van der Waals surface area contributed by atoms with Crippen LogP contribution in [0.15, 0.2) is 53.0 Å². The van der Waals surface area contributed by atoms with Crippen LogP contribution in [0.2, 0.25) is 0 Å². The van der Waals surface area contributed by atoms with E-state index < -0.39 is 6.10 Å². The van der Waals surface area contributed by atoms with E-state index in [9.17, 15) is 5.11 Å². The highest BCUT2D eigenvalue weighted by atomic mass is 79.9. The quantitative estimate of drug-likeness (QED) is 0.898. The summed E-state index contributed by atoms with van der Waals surface area (Å²) in [5.74, 6) is 0. The molecule has 0 radical (unpaired) electrons. The summed E-state index contributed by atoms with van der Waals surface area (Å²) in [6, 6.07) is 15.9. The number of aliphatic hydroxyl groups is 1. The van der Waals surface area contributed by atoms with Gasteiger partial charge >= 0.3 is 0 Å². The van der Waals surface area contributed by atoms with Crippen molar-refractivity contribution in [3.8, 4) is 0 Å². The Labute approximate surface area is 116 Å². The molecule has 2 aromatic rings. The Hall–Kier alpha value is -1.32. The zero-order valence-corrected chi connectivity index (χ0v) is 11.8. The molecule has 0 aliphatic carbocycles. The fourth-order valence-electron chi connectivity index (χ4n) is 1.72. The van der Waals surface area contributed by atoms with Gasteiger partial charge in [0.15, 0.2) is 0 Å². The number of hydrogen-bond acceptors (Lipinski definition) is 2. The summed E-state index contributed by atoms with van der Waals surface area (Å²) in [5, 5.41) is 13.3. The normalized spacial score (nSPS) is 12.2. The minimum absolute atomic E-state index is 0.500. The molecule has 2 N–H and O–H groups in total. The van der Waals surface area contributed by atoms with E-state index >= 15 is 0 Å². The van der Waals surface area contributed by atoms with Crippen molar-refractivity contribution in [2.75, 3.05) is 11.9 Å². The number of aliphatic hydroxyl groups excluding tert-OH is 1. The molecular weight excluding hydrogens is 290 g/mol. The first-order valence-electron chi connectivity index (χ1n) is 5.89. The van der Waals surface area contributed by atoms with Crippen LogP contribution in [0, 0.1) is 6.92 Å². The molecule has 0 saturated heterocycles. The van der Waals surface area contributed by atoms with E-state index in [1.807, 2.05) is 48.5 Å². The first-order valence-corrected chi connectivity index (χ1v) is 6.68. The monoisotopic (exact) mass is 305 g/mol. The molecule has 1 unspecified atom stereocenters. The van der Waals surface area contributed by atoms with Crippen LogP contribution in [0.5, 0.6) is 0 Å². The zero-order chi connectivity index (χ0) is 13.0. The molecule has 0 aromatic heterocycles. The van der Waals surface area contributed by atoms with Crippen molar-refractivity contribution < 1.29 is 5.11 Å². The number of benzene rings is 2. The Morgan fingerprint density at radius 2 is 1.89 bits per heavy atom. The molecule has 18 heavy (non-hydrogen) atoms. The van der Waals surface area contributed by atoms with Gasteiger partial charge in [-0.25, -0.2) is 0 Å². The summed E-state index contributed by atoms with van der Waals surface area (Å²) in [5.41, 5.74) is 3.16. The smallest absolute Gasteiger partial charge is 0.0962 e. The van der Waals surface area contributed by atoms with Crippen molar-refractivity contribution in [2.24, 2.45) is 0 Å². The van der Waals surface area contributed by atoms with Crippen LogP contribution in [0.3, 0.4) is 0 Å². The highest BCUT2D eigenvalue weighted by molar-refractivity contribution is 9.10. The fraction of sp³-hybridized carbons (Fsp3) is 0.200. The van der Waals surface area contributed by atoms with Crippen LogP contribution in [-0.4, -0.2) is 11.7 Å². The first kappa shape index (κ1) is 13.1. The Bertz CT molecular complexity index is 510. The molecule has 0 fully saturated rings. The third kappa shape index (κ3) is 3.59. The molecule has 0 heterocycles. The molecule has 94 valence electrons. The van der Waals surface area contributed by atoms with Gasteiger partial charge in [-0.05, 0) is 36.8 Å². The SMILES string of the molecule is Cc1ccc(NCC(O)c2cccc(Br)c2)cc1. The molecule has 0 saturated carbocycles. The third-order valence-corrected chi connectivity index (χ3v) is 3.28. The number of rotatable bonds is 4. The van der Waals surface area contributed by atoms with E-state index in [4.69, 9.17) is 0 Å². The van der Waals surface area contributed by atoms with Crippen LogP contribution in [0.25, 0.3) is 0 Å². The molecule has 2 nitrogen and oxygen atoms in total. The van der Waals surface area contributed by atoms with E-state index in [0.717, 1.165) is 15.7 Å². The molecule has 0 aliphatic rings. The fourth-order valence-corrected chi connectivity index (χ4v) is 2.13. The van der Waals surface area contributed by atoms with Gasteiger partial charge < -0.3 is 10.4 Å². The maximum absolute atomic E-state index is 10.1. The Kier molecular flexibility index (Phi) is 4.39.